The second-order valence-corrected chi connectivity index (χ2v) is 6.52. The summed E-state index contributed by atoms with van der Waals surface area (Å²) in [6, 6.07) is 0. The molecule has 1 unspecified atom stereocenters. The summed E-state index contributed by atoms with van der Waals surface area (Å²) in [6.07, 6.45) is 2.02. The van der Waals surface area contributed by atoms with Gasteiger partial charge in [0.1, 0.15) is 11.6 Å². The van der Waals surface area contributed by atoms with Crippen LogP contribution < -0.4 is 5.73 Å². The average Bonchev–Trinajstić information content (AvgIpc) is 2.80. The quantitative estimate of drug-likeness (QED) is 0.913. The minimum Gasteiger partial charge on any atom is -0.325 e. The summed E-state index contributed by atoms with van der Waals surface area (Å²) in [5.41, 5.74) is 6.07. The molecular weight excluding hydrogens is 281 g/mol. The van der Waals surface area contributed by atoms with Crippen LogP contribution in [0, 0.1) is 5.92 Å². The van der Waals surface area contributed by atoms with E-state index in [1.165, 1.54) is 6.42 Å². The summed E-state index contributed by atoms with van der Waals surface area (Å²) < 4.78 is 40.4. The van der Waals surface area contributed by atoms with Crippen LogP contribution in [0.25, 0.3) is 0 Å². The van der Waals surface area contributed by atoms with Crippen molar-refractivity contribution in [1.82, 2.24) is 14.8 Å². The molecule has 1 aliphatic carbocycles. The third-order valence-corrected chi connectivity index (χ3v) is 4.85. The molecule has 2 N–H and O–H groups in total. The summed E-state index contributed by atoms with van der Waals surface area (Å²) >= 11 is 0. The first kappa shape index (κ1) is 14.8. The van der Waals surface area contributed by atoms with Crippen molar-refractivity contribution in [2.75, 3.05) is 0 Å². The van der Waals surface area contributed by atoms with Crippen molar-refractivity contribution in [3.63, 3.8) is 0 Å². The molecule has 1 aromatic rings. The van der Waals surface area contributed by atoms with Gasteiger partial charge in [-0.15, -0.1) is 10.2 Å². The van der Waals surface area contributed by atoms with Gasteiger partial charge in [0.25, 0.3) is 0 Å². The zero-order valence-electron chi connectivity index (χ0n) is 12.0. The van der Waals surface area contributed by atoms with E-state index in [2.05, 4.69) is 10.2 Å². The first-order valence-corrected chi connectivity index (χ1v) is 7.64. The Balaban J connectivity index is 1.78. The molecule has 21 heavy (non-hydrogen) atoms. The van der Waals surface area contributed by atoms with Crippen molar-refractivity contribution in [2.45, 2.75) is 69.6 Å². The fraction of sp³-hybridized carbons (Fsp3) is 0.857. The van der Waals surface area contributed by atoms with E-state index < -0.39 is 12.1 Å². The molecule has 1 atom stereocenters. The second kappa shape index (κ2) is 5.26. The predicted octanol–water partition coefficient (Wildman–Crippen LogP) is 2.61. The molecule has 118 valence electrons. The largest absolute Gasteiger partial charge is 0.393 e. The molecule has 1 fully saturated rings. The highest BCUT2D eigenvalue weighted by atomic mass is 19.4. The number of hydrogen-bond acceptors (Lipinski definition) is 3. The van der Waals surface area contributed by atoms with Crippen LogP contribution in [0.5, 0.6) is 0 Å². The van der Waals surface area contributed by atoms with E-state index in [-0.39, 0.29) is 18.5 Å². The van der Waals surface area contributed by atoms with Crippen LogP contribution in [0.3, 0.4) is 0 Å². The normalized spacial score (nSPS) is 25.6. The van der Waals surface area contributed by atoms with Gasteiger partial charge >= 0.3 is 6.18 Å². The van der Waals surface area contributed by atoms with Gasteiger partial charge in [0.15, 0.2) is 0 Å². The molecule has 0 bridgehead atoms. The SMILES string of the molecule is NC1(Cc2nnc3n2CC(C(F)(F)F)CC3)CCCCC1. The summed E-state index contributed by atoms with van der Waals surface area (Å²) in [6.45, 7) is -0.0583. The number of aromatic nitrogens is 3. The molecule has 0 amide bonds. The molecule has 1 saturated carbocycles. The van der Waals surface area contributed by atoms with Gasteiger partial charge in [0.2, 0.25) is 0 Å². The van der Waals surface area contributed by atoms with Gasteiger partial charge in [-0.2, -0.15) is 13.2 Å². The number of halogens is 3. The van der Waals surface area contributed by atoms with Crippen LogP contribution in [0.4, 0.5) is 13.2 Å². The predicted molar refractivity (Wildman–Crippen MR) is 71.6 cm³/mol. The number of alkyl halides is 3. The average molecular weight is 302 g/mol. The molecule has 0 radical (unpaired) electrons. The lowest BCUT2D eigenvalue weighted by Gasteiger charge is -2.34. The number of nitrogens with two attached hydrogens (primary N) is 1. The monoisotopic (exact) mass is 302 g/mol. The van der Waals surface area contributed by atoms with Crippen molar-refractivity contribution < 1.29 is 13.2 Å². The zero-order valence-corrected chi connectivity index (χ0v) is 12.0. The maximum Gasteiger partial charge on any atom is 0.393 e. The number of aryl methyl sites for hydroxylation is 1. The Morgan fingerprint density at radius 1 is 1.19 bits per heavy atom. The topological polar surface area (TPSA) is 56.7 Å². The van der Waals surface area contributed by atoms with Gasteiger partial charge in [-0.05, 0) is 19.3 Å². The van der Waals surface area contributed by atoms with Crippen molar-refractivity contribution >= 4 is 0 Å². The van der Waals surface area contributed by atoms with E-state index >= 15 is 0 Å². The van der Waals surface area contributed by atoms with Gasteiger partial charge in [-0.25, -0.2) is 0 Å². The van der Waals surface area contributed by atoms with Crippen LogP contribution in [-0.4, -0.2) is 26.5 Å². The number of hydrogen-bond donors (Lipinski definition) is 1. The summed E-state index contributed by atoms with van der Waals surface area (Å²) in [4.78, 5) is 0. The minimum absolute atomic E-state index is 0.0583. The first-order valence-electron chi connectivity index (χ1n) is 7.64. The Morgan fingerprint density at radius 2 is 1.90 bits per heavy atom. The van der Waals surface area contributed by atoms with E-state index in [0.29, 0.717) is 24.5 Å². The Kier molecular flexibility index (Phi) is 3.71. The van der Waals surface area contributed by atoms with Crippen molar-refractivity contribution in [3.05, 3.63) is 11.6 Å². The molecular formula is C14H21F3N4. The second-order valence-electron chi connectivity index (χ2n) is 6.52. The Morgan fingerprint density at radius 3 is 2.57 bits per heavy atom. The zero-order chi connectivity index (χ0) is 15.1. The van der Waals surface area contributed by atoms with Crippen molar-refractivity contribution in [1.29, 1.82) is 0 Å². The third kappa shape index (κ3) is 3.07. The molecule has 7 heteroatoms. The molecule has 0 saturated heterocycles. The first-order chi connectivity index (χ1) is 9.87. The van der Waals surface area contributed by atoms with E-state index in [4.69, 9.17) is 5.73 Å². The highest BCUT2D eigenvalue weighted by Gasteiger charge is 2.42. The van der Waals surface area contributed by atoms with Gasteiger partial charge in [-0.3, -0.25) is 0 Å². The smallest absolute Gasteiger partial charge is 0.325 e. The molecule has 1 aliphatic heterocycles. The van der Waals surface area contributed by atoms with Crippen LogP contribution in [0.15, 0.2) is 0 Å². The highest BCUT2D eigenvalue weighted by Crippen LogP contribution is 2.35. The maximum atomic E-state index is 12.9. The Bertz CT molecular complexity index is 503. The van der Waals surface area contributed by atoms with Crippen LogP contribution >= 0.6 is 0 Å². The number of fused-ring (bicyclic) bond motifs is 1. The van der Waals surface area contributed by atoms with Crippen LogP contribution in [-0.2, 0) is 19.4 Å². The lowest BCUT2D eigenvalue weighted by Crippen LogP contribution is -2.45. The molecule has 1 aromatic heterocycles. The molecule has 2 aliphatic rings. The molecule has 4 nitrogen and oxygen atoms in total. The number of rotatable bonds is 2. The summed E-state index contributed by atoms with van der Waals surface area (Å²) in [7, 11) is 0. The van der Waals surface area contributed by atoms with Gasteiger partial charge in [-0.1, -0.05) is 19.3 Å². The lowest BCUT2D eigenvalue weighted by molar-refractivity contribution is -0.182. The molecule has 0 aromatic carbocycles. The van der Waals surface area contributed by atoms with Crippen LogP contribution in [0.1, 0.15) is 50.2 Å². The summed E-state index contributed by atoms with van der Waals surface area (Å²) in [5, 5.41) is 8.18. The standard InChI is InChI=1S/C14H21F3N4/c15-14(16,17)10-4-5-11-19-20-12(21(11)9-10)8-13(18)6-2-1-3-7-13/h10H,1-9,18H2. The molecule has 0 spiro atoms. The van der Waals surface area contributed by atoms with Crippen LogP contribution in [0.2, 0.25) is 0 Å². The molecule has 3 rings (SSSR count). The van der Waals surface area contributed by atoms with E-state index in [1.807, 2.05) is 0 Å². The Hall–Kier alpha value is -1.11. The molecule has 2 heterocycles. The fourth-order valence-electron chi connectivity index (χ4n) is 3.53. The van der Waals surface area contributed by atoms with Gasteiger partial charge in [0.05, 0.1) is 5.92 Å². The minimum atomic E-state index is -4.15. The number of nitrogens with zero attached hydrogens (tertiary/aromatic N) is 3. The summed E-state index contributed by atoms with van der Waals surface area (Å²) in [5.74, 6) is 0.00749. The maximum absolute atomic E-state index is 12.9. The van der Waals surface area contributed by atoms with E-state index in [9.17, 15) is 13.2 Å². The van der Waals surface area contributed by atoms with Gasteiger partial charge < -0.3 is 10.3 Å². The van der Waals surface area contributed by atoms with E-state index in [0.717, 1.165) is 25.7 Å². The van der Waals surface area contributed by atoms with E-state index in [1.54, 1.807) is 4.57 Å². The van der Waals surface area contributed by atoms with Crippen molar-refractivity contribution in [2.24, 2.45) is 11.7 Å². The fourth-order valence-corrected chi connectivity index (χ4v) is 3.53. The highest BCUT2D eigenvalue weighted by molar-refractivity contribution is 5.06. The Labute approximate surface area is 121 Å². The third-order valence-electron chi connectivity index (χ3n) is 4.85. The van der Waals surface area contributed by atoms with Crippen molar-refractivity contribution in [3.8, 4) is 0 Å². The van der Waals surface area contributed by atoms with Gasteiger partial charge in [0, 0.05) is 24.9 Å². The lowest BCUT2D eigenvalue weighted by atomic mass is 9.80.